The SMILES string of the molecule is CCC(C)NCC(=O)NC1CC(C)CCC1C(C)C. The highest BCUT2D eigenvalue weighted by Gasteiger charge is 2.31. The summed E-state index contributed by atoms with van der Waals surface area (Å²) in [6.07, 6.45) is 4.75. The predicted octanol–water partition coefficient (Wildman–Crippen LogP) is 2.95. The summed E-state index contributed by atoms with van der Waals surface area (Å²) in [6.45, 7) is 11.5. The van der Waals surface area contributed by atoms with Crippen molar-refractivity contribution < 1.29 is 4.79 Å². The summed E-state index contributed by atoms with van der Waals surface area (Å²) < 4.78 is 0. The first-order valence-corrected chi connectivity index (χ1v) is 7.96. The summed E-state index contributed by atoms with van der Waals surface area (Å²) in [5, 5.41) is 6.52. The number of rotatable bonds is 6. The minimum absolute atomic E-state index is 0.157. The number of carbonyl (C=O) groups excluding carboxylic acids is 1. The van der Waals surface area contributed by atoms with Crippen molar-refractivity contribution >= 4 is 5.91 Å². The summed E-state index contributed by atoms with van der Waals surface area (Å²) in [6, 6.07) is 0.784. The fourth-order valence-electron chi connectivity index (χ4n) is 3.04. The molecule has 0 spiro atoms. The Bertz CT molecular complexity index is 278. The van der Waals surface area contributed by atoms with Gasteiger partial charge in [-0.3, -0.25) is 4.79 Å². The van der Waals surface area contributed by atoms with E-state index in [1.165, 1.54) is 12.8 Å². The topological polar surface area (TPSA) is 41.1 Å². The van der Waals surface area contributed by atoms with Crippen molar-refractivity contribution in [1.29, 1.82) is 0 Å². The number of carbonyl (C=O) groups is 1. The normalized spacial score (nSPS) is 29.3. The maximum atomic E-state index is 12.0. The molecule has 4 atom stereocenters. The smallest absolute Gasteiger partial charge is 0.234 e. The van der Waals surface area contributed by atoms with Gasteiger partial charge in [0.05, 0.1) is 6.54 Å². The molecule has 1 rings (SSSR count). The third kappa shape index (κ3) is 5.52. The number of hydrogen-bond donors (Lipinski definition) is 2. The monoisotopic (exact) mass is 268 g/mol. The van der Waals surface area contributed by atoms with Crippen LogP contribution in [0, 0.1) is 17.8 Å². The molecular formula is C16H32N2O. The Kier molecular flexibility index (Phi) is 6.84. The molecule has 0 aromatic carbocycles. The van der Waals surface area contributed by atoms with Crippen molar-refractivity contribution in [1.82, 2.24) is 10.6 Å². The van der Waals surface area contributed by atoms with E-state index in [9.17, 15) is 4.79 Å². The van der Waals surface area contributed by atoms with Crippen LogP contribution < -0.4 is 10.6 Å². The lowest BCUT2D eigenvalue weighted by atomic mass is 9.74. The maximum absolute atomic E-state index is 12.0. The van der Waals surface area contributed by atoms with Crippen molar-refractivity contribution in [2.45, 2.75) is 72.4 Å². The van der Waals surface area contributed by atoms with E-state index >= 15 is 0 Å². The maximum Gasteiger partial charge on any atom is 0.234 e. The fourth-order valence-corrected chi connectivity index (χ4v) is 3.04. The van der Waals surface area contributed by atoms with Gasteiger partial charge in [-0.25, -0.2) is 0 Å². The molecule has 2 N–H and O–H groups in total. The van der Waals surface area contributed by atoms with Crippen LogP contribution >= 0.6 is 0 Å². The van der Waals surface area contributed by atoms with Crippen LogP contribution in [0.2, 0.25) is 0 Å². The molecular weight excluding hydrogens is 236 g/mol. The van der Waals surface area contributed by atoms with Gasteiger partial charge in [-0.05, 0) is 43.9 Å². The molecule has 1 amide bonds. The Morgan fingerprint density at radius 2 is 1.95 bits per heavy atom. The largest absolute Gasteiger partial charge is 0.352 e. The Morgan fingerprint density at radius 3 is 2.53 bits per heavy atom. The third-order valence-electron chi connectivity index (χ3n) is 4.59. The van der Waals surface area contributed by atoms with E-state index in [0.29, 0.717) is 30.5 Å². The first-order valence-electron chi connectivity index (χ1n) is 7.96. The van der Waals surface area contributed by atoms with Gasteiger partial charge >= 0.3 is 0 Å². The molecule has 1 aliphatic rings. The van der Waals surface area contributed by atoms with Gasteiger partial charge in [0.15, 0.2) is 0 Å². The molecule has 1 fully saturated rings. The zero-order chi connectivity index (χ0) is 14.4. The fraction of sp³-hybridized carbons (Fsp3) is 0.938. The molecule has 0 saturated heterocycles. The lowest BCUT2D eigenvalue weighted by molar-refractivity contribution is -0.122. The molecule has 0 aliphatic heterocycles. The van der Waals surface area contributed by atoms with Crippen LogP contribution in [-0.4, -0.2) is 24.5 Å². The lowest BCUT2D eigenvalue weighted by Crippen LogP contribution is -2.48. The zero-order valence-electron chi connectivity index (χ0n) is 13.3. The summed E-state index contributed by atoms with van der Waals surface area (Å²) in [7, 11) is 0. The second kappa shape index (κ2) is 7.88. The summed E-state index contributed by atoms with van der Waals surface area (Å²) in [5.41, 5.74) is 0. The van der Waals surface area contributed by atoms with Crippen molar-refractivity contribution in [3.63, 3.8) is 0 Å². The second-order valence-corrected chi connectivity index (χ2v) is 6.69. The van der Waals surface area contributed by atoms with E-state index in [1.54, 1.807) is 0 Å². The predicted molar refractivity (Wildman–Crippen MR) is 81.0 cm³/mol. The molecule has 0 radical (unpaired) electrons. The molecule has 3 heteroatoms. The summed E-state index contributed by atoms with van der Waals surface area (Å²) >= 11 is 0. The van der Waals surface area contributed by atoms with Crippen LogP contribution in [0.1, 0.15) is 60.3 Å². The minimum atomic E-state index is 0.157. The van der Waals surface area contributed by atoms with Crippen LogP contribution in [0.4, 0.5) is 0 Å². The van der Waals surface area contributed by atoms with Gasteiger partial charge in [-0.1, -0.05) is 34.1 Å². The Hall–Kier alpha value is -0.570. The molecule has 1 saturated carbocycles. The van der Waals surface area contributed by atoms with Gasteiger partial charge < -0.3 is 10.6 Å². The highest BCUT2D eigenvalue weighted by Crippen LogP contribution is 2.33. The number of amides is 1. The van der Waals surface area contributed by atoms with Crippen LogP contribution in [-0.2, 0) is 4.79 Å². The highest BCUT2D eigenvalue weighted by molar-refractivity contribution is 5.78. The van der Waals surface area contributed by atoms with Crippen molar-refractivity contribution in [2.24, 2.45) is 17.8 Å². The molecule has 0 aromatic rings. The van der Waals surface area contributed by atoms with Gasteiger partial charge in [-0.15, -0.1) is 0 Å². The number of nitrogens with one attached hydrogen (secondary N) is 2. The second-order valence-electron chi connectivity index (χ2n) is 6.69. The Labute approximate surface area is 118 Å². The van der Waals surface area contributed by atoms with E-state index in [1.807, 2.05) is 0 Å². The van der Waals surface area contributed by atoms with Crippen molar-refractivity contribution in [2.75, 3.05) is 6.54 Å². The molecule has 3 nitrogen and oxygen atoms in total. The van der Waals surface area contributed by atoms with Gasteiger partial charge in [0.1, 0.15) is 0 Å². The zero-order valence-corrected chi connectivity index (χ0v) is 13.3. The summed E-state index contributed by atoms with van der Waals surface area (Å²) in [5.74, 6) is 2.19. The van der Waals surface area contributed by atoms with Crippen LogP contribution in [0.25, 0.3) is 0 Å². The van der Waals surface area contributed by atoms with E-state index in [2.05, 4.69) is 45.3 Å². The average molecular weight is 268 g/mol. The molecule has 112 valence electrons. The average Bonchev–Trinajstić information content (AvgIpc) is 2.35. The summed E-state index contributed by atoms with van der Waals surface area (Å²) in [4.78, 5) is 12.0. The highest BCUT2D eigenvalue weighted by atomic mass is 16.2. The van der Waals surface area contributed by atoms with Crippen LogP contribution in [0.5, 0.6) is 0 Å². The molecule has 19 heavy (non-hydrogen) atoms. The molecule has 1 aliphatic carbocycles. The standard InChI is InChI=1S/C16H32N2O/c1-6-13(5)17-10-16(19)18-15-9-12(4)7-8-14(15)11(2)3/h11-15,17H,6-10H2,1-5H3,(H,18,19). The first kappa shape index (κ1) is 16.5. The van der Waals surface area contributed by atoms with Crippen molar-refractivity contribution in [3.05, 3.63) is 0 Å². The molecule has 0 heterocycles. The third-order valence-corrected chi connectivity index (χ3v) is 4.59. The molecule has 4 unspecified atom stereocenters. The van der Waals surface area contributed by atoms with Gasteiger partial charge in [0.25, 0.3) is 0 Å². The molecule has 0 bridgehead atoms. The number of hydrogen-bond acceptors (Lipinski definition) is 2. The quantitative estimate of drug-likeness (QED) is 0.777. The van der Waals surface area contributed by atoms with Crippen molar-refractivity contribution in [3.8, 4) is 0 Å². The van der Waals surface area contributed by atoms with Gasteiger partial charge in [0, 0.05) is 12.1 Å². The first-order chi connectivity index (χ1) is 8.93. The Morgan fingerprint density at radius 1 is 1.26 bits per heavy atom. The van der Waals surface area contributed by atoms with Crippen LogP contribution in [0.15, 0.2) is 0 Å². The molecule has 0 aromatic heterocycles. The van der Waals surface area contributed by atoms with E-state index in [4.69, 9.17) is 0 Å². The lowest BCUT2D eigenvalue weighted by Gasteiger charge is -2.37. The Balaban J connectivity index is 2.44. The van der Waals surface area contributed by atoms with Crippen LogP contribution in [0.3, 0.4) is 0 Å². The van der Waals surface area contributed by atoms with Gasteiger partial charge in [0.2, 0.25) is 5.91 Å². The van der Waals surface area contributed by atoms with E-state index in [0.717, 1.165) is 18.8 Å². The minimum Gasteiger partial charge on any atom is -0.352 e. The van der Waals surface area contributed by atoms with E-state index < -0.39 is 0 Å². The van der Waals surface area contributed by atoms with Gasteiger partial charge in [-0.2, -0.15) is 0 Å². The van der Waals surface area contributed by atoms with E-state index in [-0.39, 0.29) is 5.91 Å².